The lowest BCUT2D eigenvalue weighted by Gasteiger charge is -2.26. The van der Waals surface area contributed by atoms with Crippen LogP contribution in [0.25, 0.3) is 0 Å². The van der Waals surface area contributed by atoms with Gasteiger partial charge >= 0.3 is 0 Å². The lowest BCUT2D eigenvalue weighted by atomic mass is 10.1. The van der Waals surface area contributed by atoms with Crippen LogP contribution in [0.4, 0.5) is 5.69 Å². The number of ether oxygens (including phenoxy) is 2. The summed E-state index contributed by atoms with van der Waals surface area (Å²) in [6.07, 6.45) is 2.25. The summed E-state index contributed by atoms with van der Waals surface area (Å²) in [5.41, 5.74) is 3.95. The number of hydrogen-bond acceptors (Lipinski definition) is 5. The number of hydrogen-bond donors (Lipinski definition) is 1. The Morgan fingerprint density at radius 3 is 2.53 bits per heavy atom. The fourth-order valence-electron chi connectivity index (χ4n) is 3.83. The molecule has 0 atom stereocenters. The van der Waals surface area contributed by atoms with E-state index in [-0.39, 0.29) is 5.91 Å². The molecule has 0 unspecified atom stereocenters. The molecule has 0 saturated carbocycles. The zero-order valence-electron chi connectivity index (χ0n) is 17.3. The Kier molecular flexibility index (Phi) is 7.81. The molecule has 5 nitrogen and oxygen atoms in total. The summed E-state index contributed by atoms with van der Waals surface area (Å²) in [4.78, 5) is 15.2. The number of nitrogens with zero attached hydrogens (tertiary/aromatic N) is 1. The van der Waals surface area contributed by atoms with E-state index in [4.69, 9.17) is 9.47 Å². The Bertz CT molecular complexity index is 833. The molecule has 2 fully saturated rings. The van der Waals surface area contributed by atoms with Crippen molar-refractivity contribution in [1.29, 1.82) is 0 Å². The van der Waals surface area contributed by atoms with E-state index in [1.807, 2.05) is 42.1 Å². The molecule has 0 aromatic heterocycles. The molecule has 2 aromatic carbocycles. The fourth-order valence-corrected chi connectivity index (χ4v) is 4.96. The zero-order valence-corrected chi connectivity index (χ0v) is 18.2. The summed E-state index contributed by atoms with van der Waals surface area (Å²) in [6.45, 7) is 6.04. The largest absolute Gasteiger partial charge is 0.381 e. The quantitative estimate of drug-likeness (QED) is 0.720. The second-order valence-electron chi connectivity index (χ2n) is 7.87. The first-order chi connectivity index (χ1) is 14.8. The first-order valence-electron chi connectivity index (χ1n) is 10.7. The number of thioether (sulfide) groups is 1. The van der Waals surface area contributed by atoms with Gasteiger partial charge in [0.2, 0.25) is 0 Å². The lowest BCUT2D eigenvalue weighted by Crippen LogP contribution is -2.35. The first kappa shape index (κ1) is 21.4. The minimum absolute atomic E-state index is 0.0620. The monoisotopic (exact) mass is 426 g/mol. The molecule has 1 N–H and O–H groups in total. The number of rotatable bonds is 7. The molecule has 160 valence electrons. The maximum absolute atomic E-state index is 12.8. The van der Waals surface area contributed by atoms with Crippen LogP contribution in [0.5, 0.6) is 0 Å². The molecule has 0 aliphatic carbocycles. The molecule has 2 aromatic rings. The van der Waals surface area contributed by atoms with Gasteiger partial charge in [-0.3, -0.25) is 9.69 Å². The summed E-state index contributed by atoms with van der Waals surface area (Å²) in [6, 6.07) is 16.1. The predicted octanol–water partition coefficient (Wildman–Crippen LogP) is 4.18. The van der Waals surface area contributed by atoms with E-state index in [9.17, 15) is 4.79 Å². The summed E-state index contributed by atoms with van der Waals surface area (Å²) in [7, 11) is 0. The van der Waals surface area contributed by atoms with Crippen molar-refractivity contribution in [3.63, 3.8) is 0 Å². The third-order valence-corrected chi connectivity index (χ3v) is 6.98. The molecule has 0 bridgehead atoms. The molecule has 4 rings (SSSR count). The lowest BCUT2D eigenvalue weighted by molar-refractivity contribution is 0.0342. The van der Waals surface area contributed by atoms with E-state index in [1.54, 1.807) is 0 Å². The molecule has 2 saturated heterocycles. The average Bonchev–Trinajstić information content (AvgIpc) is 2.79. The molecule has 0 radical (unpaired) electrons. The van der Waals surface area contributed by atoms with Crippen LogP contribution >= 0.6 is 11.8 Å². The van der Waals surface area contributed by atoms with Crippen molar-refractivity contribution in [2.45, 2.75) is 30.4 Å². The van der Waals surface area contributed by atoms with Crippen LogP contribution in [-0.2, 0) is 21.8 Å². The Morgan fingerprint density at radius 1 is 0.967 bits per heavy atom. The second-order valence-corrected chi connectivity index (χ2v) is 9.15. The molecule has 2 aliphatic heterocycles. The maximum Gasteiger partial charge on any atom is 0.255 e. The molecule has 0 spiro atoms. The maximum atomic E-state index is 12.8. The number of anilines is 1. The van der Waals surface area contributed by atoms with E-state index >= 15 is 0 Å². The van der Waals surface area contributed by atoms with E-state index in [1.165, 1.54) is 5.56 Å². The number of morpholine rings is 1. The fraction of sp³-hybridized carbons (Fsp3) is 0.458. The van der Waals surface area contributed by atoms with Gasteiger partial charge in [0.15, 0.2) is 0 Å². The molecular weight excluding hydrogens is 396 g/mol. The summed E-state index contributed by atoms with van der Waals surface area (Å²) in [5.74, 6) is 0.900. The third kappa shape index (κ3) is 6.32. The number of nitrogens with one attached hydrogen (secondary N) is 1. The normalized spacial score (nSPS) is 18.3. The summed E-state index contributed by atoms with van der Waals surface area (Å²) < 4.78 is 10.9. The van der Waals surface area contributed by atoms with Crippen molar-refractivity contribution in [2.24, 2.45) is 0 Å². The minimum Gasteiger partial charge on any atom is -0.381 e. The highest BCUT2D eigenvalue weighted by Gasteiger charge is 2.15. The van der Waals surface area contributed by atoms with Gasteiger partial charge in [0, 0.05) is 55.1 Å². The van der Waals surface area contributed by atoms with Gasteiger partial charge in [-0.25, -0.2) is 0 Å². The van der Waals surface area contributed by atoms with Crippen molar-refractivity contribution < 1.29 is 14.3 Å². The van der Waals surface area contributed by atoms with Crippen LogP contribution in [0.1, 0.15) is 34.3 Å². The first-order valence-corrected chi connectivity index (χ1v) is 11.8. The highest BCUT2D eigenvalue weighted by atomic mass is 32.2. The highest BCUT2D eigenvalue weighted by molar-refractivity contribution is 7.99. The molecule has 1 amide bonds. The van der Waals surface area contributed by atoms with Crippen LogP contribution in [0.2, 0.25) is 0 Å². The Morgan fingerprint density at radius 2 is 1.70 bits per heavy atom. The van der Waals surface area contributed by atoms with E-state index in [2.05, 4.69) is 28.4 Å². The van der Waals surface area contributed by atoms with Crippen LogP contribution in [0, 0.1) is 0 Å². The average molecular weight is 427 g/mol. The number of benzene rings is 2. The number of amides is 1. The predicted molar refractivity (Wildman–Crippen MR) is 122 cm³/mol. The highest BCUT2D eigenvalue weighted by Crippen LogP contribution is 2.26. The Hall–Kier alpha value is -1.86. The van der Waals surface area contributed by atoms with Crippen LogP contribution in [0.15, 0.2) is 48.5 Å². The van der Waals surface area contributed by atoms with Crippen LogP contribution in [-0.4, -0.2) is 55.6 Å². The number of carbonyl (C=O) groups is 1. The van der Waals surface area contributed by atoms with Gasteiger partial charge in [0.1, 0.15) is 0 Å². The van der Waals surface area contributed by atoms with Crippen molar-refractivity contribution in [3.8, 4) is 0 Å². The van der Waals surface area contributed by atoms with Crippen LogP contribution < -0.4 is 5.32 Å². The Labute approximate surface area is 183 Å². The van der Waals surface area contributed by atoms with Crippen LogP contribution in [0.3, 0.4) is 0 Å². The summed E-state index contributed by atoms with van der Waals surface area (Å²) >= 11 is 1.99. The van der Waals surface area contributed by atoms with Gasteiger partial charge in [-0.1, -0.05) is 24.3 Å². The topological polar surface area (TPSA) is 50.8 Å². The Balaban J connectivity index is 1.33. The van der Waals surface area contributed by atoms with E-state index < -0.39 is 0 Å². The van der Waals surface area contributed by atoms with Gasteiger partial charge in [0.05, 0.1) is 13.2 Å². The zero-order chi connectivity index (χ0) is 20.6. The second kappa shape index (κ2) is 11.0. The van der Waals surface area contributed by atoms with Gasteiger partial charge < -0.3 is 14.8 Å². The molecular formula is C24H30N2O3S. The summed E-state index contributed by atoms with van der Waals surface area (Å²) in [5, 5.41) is 3.74. The van der Waals surface area contributed by atoms with E-state index in [0.717, 1.165) is 75.9 Å². The van der Waals surface area contributed by atoms with E-state index in [0.29, 0.717) is 10.8 Å². The van der Waals surface area contributed by atoms with Gasteiger partial charge in [-0.2, -0.15) is 11.8 Å². The van der Waals surface area contributed by atoms with Gasteiger partial charge in [-0.05, 0) is 48.2 Å². The van der Waals surface area contributed by atoms with Crippen molar-refractivity contribution in [2.75, 3.05) is 44.8 Å². The SMILES string of the molecule is O=C(Nc1cccc(CSC2CCOCC2)c1)c1cccc(CN2CCOCC2)c1. The molecule has 30 heavy (non-hydrogen) atoms. The number of carbonyl (C=O) groups excluding carboxylic acids is 1. The molecule has 6 heteroatoms. The van der Waals surface area contributed by atoms with Crippen molar-refractivity contribution in [3.05, 3.63) is 65.2 Å². The van der Waals surface area contributed by atoms with Gasteiger partial charge in [0.25, 0.3) is 5.91 Å². The van der Waals surface area contributed by atoms with Crippen molar-refractivity contribution >= 4 is 23.4 Å². The van der Waals surface area contributed by atoms with Crippen molar-refractivity contribution in [1.82, 2.24) is 4.90 Å². The third-order valence-electron chi connectivity index (χ3n) is 5.54. The smallest absolute Gasteiger partial charge is 0.255 e. The van der Waals surface area contributed by atoms with Gasteiger partial charge in [-0.15, -0.1) is 0 Å². The molecule has 2 heterocycles. The standard InChI is InChI=1S/C24H30N2O3S/c27-24(21-5-1-3-19(15-21)17-26-9-13-29-14-10-26)25-22-6-2-4-20(16-22)18-30-23-7-11-28-12-8-23/h1-6,15-16,23H,7-14,17-18H2,(H,25,27). The molecule has 2 aliphatic rings. The minimum atomic E-state index is -0.0620.